The van der Waals surface area contributed by atoms with E-state index in [1.807, 2.05) is 45.3 Å². The minimum absolute atomic E-state index is 1.02. The van der Waals surface area contributed by atoms with Crippen LogP contribution in [-0.2, 0) is 6.42 Å². The van der Waals surface area contributed by atoms with Gasteiger partial charge >= 0.3 is 0 Å². The number of aromatic nitrogens is 2. The van der Waals surface area contributed by atoms with Crippen LogP contribution in [0.5, 0.6) is 0 Å². The molecule has 0 aromatic carbocycles. The molecule has 4 aromatic heterocycles. The summed E-state index contributed by atoms with van der Waals surface area (Å²) >= 11 is 7.47. The van der Waals surface area contributed by atoms with Crippen molar-refractivity contribution in [2.75, 3.05) is 0 Å². The van der Waals surface area contributed by atoms with E-state index in [-0.39, 0.29) is 0 Å². The molecule has 5 rings (SSSR count). The number of nitrogens with zero attached hydrogens (tertiary/aromatic N) is 2. The molecule has 2 nitrogen and oxygen atoms in total. The topological polar surface area (TPSA) is 25.8 Å². The first-order chi connectivity index (χ1) is 9.20. The van der Waals surface area contributed by atoms with Crippen LogP contribution in [0.4, 0.5) is 0 Å². The molecule has 0 N–H and O–H groups in total. The number of rotatable bonds is 0. The van der Waals surface area contributed by atoms with Crippen molar-refractivity contribution in [1.82, 2.24) is 9.97 Å². The van der Waals surface area contributed by atoms with E-state index >= 15 is 0 Å². The van der Waals surface area contributed by atoms with Crippen molar-refractivity contribution in [1.29, 1.82) is 0 Å². The molecule has 0 aliphatic heterocycles. The molecule has 1 aliphatic carbocycles. The summed E-state index contributed by atoms with van der Waals surface area (Å²) in [5.41, 5.74) is 5.37. The smallest absolute Gasteiger partial charge is 0.108 e. The predicted octanol–water partition coefficient (Wildman–Crippen LogP) is 5.22. The summed E-state index contributed by atoms with van der Waals surface area (Å²) in [7, 11) is 0. The van der Waals surface area contributed by atoms with Crippen molar-refractivity contribution < 1.29 is 0 Å². The fourth-order valence-electron chi connectivity index (χ4n) is 2.73. The van der Waals surface area contributed by atoms with Gasteiger partial charge in [-0.1, -0.05) is 0 Å². The summed E-state index contributed by atoms with van der Waals surface area (Å²) in [5.74, 6) is 0. The second kappa shape index (κ2) is 3.44. The van der Waals surface area contributed by atoms with Crippen LogP contribution >= 0.6 is 45.3 Å². The van der Waals surface area contributed by atoms with Gasteiger partial charge in [-0.05, 0) is 13.8 Å². The van der Waals surface area contributed by atoms with Crippen LogP contribution in [0.1, 0.15) is 21.1 Å². The van der Waals surface area contributed by atoms with E-state index < -0.39 is 0 Å². The standard InChI is InChI=1S/C13H8N2S4/c1-4-14-8-6-3-7-9-13(17-5(2)15-9)19-11(7)10(6)18-12(8)16-4/h3H2,1-2H3. The first kappa shape index (κ1) is 10.9. The van der Waals surface area contributed by atoms with Crippen molar-refractivity contribution in [2.45, 2.75) is 20.3 Å². The van der Waals surface area contributed by atoms with Crippen molar-refractivity contribution in [2.24, 2.45) is 0 Å². The van der Waals surface area contributed by atoms with Crippen LogP contribution in [0, 0.1) is 13.8 Å². The lowest BCUT2D eigenvalue weighted by Crippen LogP contribution is -1.81. The molecule has 0 atom stereocenters. The largest absolute Gasteiger partial charge is 0.240 e. The molecule has 1 aliphatic rings. The lowest BCUT2D eigenvalue weighted by Gasteiger charge is -1.89. The SMILES string of the molecule is Cc1nc2c3c(sc2s1)-c1sc2sc(C)nc2c1C3. The molecule has 0 spiro atoms. The minimum Gasteiger partial charge on any atom is -0.240 e. The highest BCUT2D eigenvalue weighted by Crippen LogP contribution is 2.53. The Hall–Kier alpha value is -0.820. The Morgan fingerprint density at radius 1 is 0.737 bits per heavy atom. The van der Waals surface area contributed by atoms with Crippen LogP contribution in [0.2, 0.25) is 0 Å². The molecule has 0 radical (unpaired) electrons. The summed E-state index contributed by atoms with van der Waals surface area (Å²) < 4.78 is 2.77. The van der Waals surface area contributed by atoms with Gasteiger partial charge < -0.3 is 0 Å². The van der Waals surface area contributed by atoms with Gasteiger partial charge in [0.05, 0.1) is 30.8 Å². The average Bonchev–Trinajstić information content (AvgIpc) is 3.04. The fraction of sp³-hybridized carbons (Fsp3) is 0.231. The Kier molecular flexibility index (Phi) is 1.97. The Labute approximate surface area is 125 Å². The molecule has 0 saturated carbocycles. The third-order valence-corrected chi connectivity index (χ3v) is 8.20. The van der Waals surface area contributed by atoms with Gasteiger partial charge in [-0.15, -0.1) is 45.3 Å². The summed E-state index contributed by atoms with van der Waals surface area (Å²) in [5, 5.41) is 2.35. The first-order valence-corrected chi connectivity index (χ1v) is 9.25. The summed E-state index contributed by atoms with van der Waals surface area (Å²) in [4.78, 5) is 12.3. The maximum absolute atomic E-state index is 4.71. The number of hydrogen-bond acceptors (Lipinski definition) is 6. The molecule has 4 aromatic rings. The third-order valence-electron chi connectivity index (χ3n) is 3.48. The number of hydrogen-bond donors (Lipinski definition) is 0. The van der Waals surface area contributed by atoms with Crippen molar-refractivity contribution in [3.8, 4) is 9.75 Å². The highest BCUT2D eigenvalue weighted by atomic mass is 32.2. The molecule has 4 heterocycles. The zero-order valence-electron chi connectivity index (χ0n) is 10.2. The normalized spacial score (nSPS) is 13.6. The fourth-order valence-corrected chi connectivity index (χ4v) is 7.80. The van der Waals surface area contributed by atoms with Gasteiger partial charge in [0.2, 0.25) is 0 Å². The van der Waals surface area contributed by atoms with E-state index in [2.05, 4.69) is 13.8 Å². The molecule has 0 unspecified atom stereocenters. The van der Waals surface area contributed by atoms with Gasteiger partial charge in [0.25, 0.3) is 0 Å². The zero-order chi connectivity index (χ0) is 12.7. The molecule has 0 bridgehead atoms. The predicted molar refractivity (Wildman–Crippen MR) is 86.3 cm³/mol. The lowest BCUT2D eigenvalue weighted by atomic mass is 10.2. The van der Waals surface area contributed by atoms with Gasteiger partial charge in [0, 0.05) is 17.5 Å². The Balaban J connectivity index is 1.86. The molecule has 94 valence electrons. The van der Waals surface area contributed by atoms with E-state index in [0.717, 1.165) is 6.42 Å². The summed E-state index contributed by atoms with van der Waals surface area (Å²) in [6.07, 6.45) is 1.02. The van der Waals surface area contributed by atoms with Crippen molar-refractivity contribution in [3.63, 3.8) is 0 Å². The number of fused-ring (bicyclic) bond motifs is 7. The summed E-state index contributed by atoms with van der Waals surface area (Å²) in [6, 6.07) is 0. The number of aryl methyl sites for hydroxylation is 2. The highest BCUT2D eigenvalue weighted by Gasteiger charge is 2.30. The van der Waals surface area contributed by atoms with Gasteiger partial charge in [0.1, 0.15) is 8.03 Å². The zero-order valence-corrected chi connectivity index (χ0v) is 13.5. The molecule has 0 saturated heterocycles. The van der Waals surface area contributed by atoms with Gasteiger partial charge in [-0.25, -0.2) is 9.97 Å². The average molecular weight is 320 g/mol. The molecular formula is C13H8N2S4. The maximum Gasteiger partial charge on any atom is 0.108 e. The second-order valence-corrected chi connectivity index (χ2v) is 9.70. The quantitative estimate of drug-likeness (QED) is 0.391. The minimum atomic E-state index is 1.02. The van der Waals surface area contributed by atoms with Crippen LogP contribution in [0.25, 0.3) is 28.8 Å². The number of thiazole rings is 2. The molecule has 0 fully saturated rings. The van der Waals surface area contributed by atoms with E-state index in [1.54, 1.807) is 0 Å². The van der Waals surface area contributed by atoms with E-state index in [0.29, 0.717) is 0 Å². The van der Waals surface area contributed by atoms with E-state index in [1.165, 1.54) is 50.0 Å². The van der Waals surface area contributed by atoms with Crippen molar-refractivity contribution in [3.05, 3.63) is 21.1 Å². The maximum atomic E-state index is 4.71. The third kappa shape index (κ3) is 1.30. The Bertz CT molecular complexity index is 887. The van der Waals surface area contributed by atoms with E-state index in [9.17, 15) is 0 Å². The van der Waals surface area contributed by atoms with Crippen LogP contribution in [-0.4, -0.2) is 9.97 Å². The second-order valence-electron chi connectivity index (χ2n) is 4.73. The van der Waals surface area contributed by atoms with Crippen molar-refractivity contribution >= 4 is 64.4 Å². The number of thiophene rings is 2. The first-order valence-electron chi connectivity index (χ1n) is 5.98. The molecule has 0 amide bonds. The van der Waals surface area contributed by atoms with Gasteiger partial charge in [-0.3, -0.25) is 0 Å². The monoisotopic (exact) mass is 320 g/mol. The molecule has 19 heavy (non-hydrogen) atoms. The van der Waals surface area contributed by atoms with Gasteiger partial charge in [0.15, 0.2) is 0 Å². The van der Waals surface area contributed by atoms with Gasteiger partial charge in [-0.2, -0.15) is 0 Å². The van der Waals surface area contributed by atoms with E-state index in [4.69, 9.17) is 9.97 Å². The lowest BCUT2D eigenvalue weighted by molar-refractivity contribution is 1.25. The molecule has 6 heteroatoms. The summed E-state index contributed by atoms with van der Waals surface area (Å²) in [6.45, 7) is 4.19. The van der Waals surface area contributed by atoms with Crippen LogP contribution in [0.15, 0.2) is 0 Å². The Morgan fingerprint density at radius 3 is 1.68 bits per heavy atom. The highest BCUT2D eigenvalue weighted by molar-refractivity contribution is 7.43. The molecular weight excluding hydrogens is 312 g/mol. The van der Waals surface area contributed by atoms with Crippen LogP contribution in [0.3, 0.4) is 0 Å². The van der Waals surface area contributed by atoms with Crippen LogP contribution < -0.4 is 0 Å². The Morgan fingerprint density at radius 2 is 1.21 bits per heavy atom.